The van der Waals surface area contributed by atoms with Crippen molar-refractivity contribution in [2.24, 2.45) is 10.8 Å². The van der Waals surface area contributed by atoms with Crippen LogP contribution in [0.3, 0.4) is 0 Å². The predicted molar refractivity (Wildman–Crippen MR) is 124 cm³/mol. The van der Waals surface area contributed by atoms with E-state index in [0.29, 0.717) is 32.2 Å². The molecule has 3 atom stereocenters. The fourth-order valence-corrected chi connectivity index (χ4v) is 5.20. The molecule has 3 aliphatic rings. The summed E-state index contributed by atoms with van der Waals surface area (Å²) in [5.41, 5.74) is 4.47. The van der Waals surface area contributed by atoms with Gasteiger partial charge in [0.25, 0.3) is 5.91 Å². The van der Waals surface area contributed by atoms with Crippen molar-refractivity contribution in [3.63, 3.8) is 0 Å². The summed E-state index contributed by atoms with van der Waals surface area (Å²) in [5.74, 6) is -0.918. The number of hydroxylamine groups is 2. The molecule has 190 valence electrons. The van der Waals surface area contributed by atoms with Crippen LogP contribution in [0.4, 0.5) is 9.59 Å². The quantitative estimate of drug-likeness (QED) is 0.434. The molecule has 11 heteroatoms. The predicted octanol–water partition coefficient (Wildman–Crippen LogP) is 2.00. The lowest BCUT2D eigenvalue weighted by Crippen LogP contribution is -2.59. The van der Waals surface area contributed by atoms with Gasteiger partial charge in [-0.3, -0.25) is 25.3 Å². The Balaban J connectivity index is 1.34. The monoisotopic (exact) mass is 487 g/mol. The topological polar surface area (TPSA) is 140 Å². The molecule has 4 N–H and O–H groups in total. The van der Waals surface area contributed by atoms with Crippen LogP contribution >= 0.6 is 0 Å². The Morgan fingerprint density at radius 3 is 2.43 bits per heavy atom. The number of piperidine rings is 1. The number of nitrogens with zero attached hydrogens (tertiary/aromatic N) is 2. The van der Waals surface area contributed by atoms with E-state index >= 15 is 0 Å². The van der Waals surface area contributed by atoms with E-state index in [1.54, 1.807) is 0 Å². The van der Waals surface area contributed by atoms with Crippen molar-refractivity contribution in [3.8, 4) is 0 Å². The van der Waals surface area contributed by atoms with Crippen molar-refractivity contribution in [3.05, 3.63) is 35.9 Å². The van der Waals surface area contributed by atoms with Gasteiger partial charge in [-0.05, 0) is 36.7 Å². The van der Waals surface area contributed by atoms with Gasteiger partial charge in [0.1, 0.15) is 12.6 Å². The van der Waals surface area contributed by atoms with Crippen LogP contribution in [0, 0.1) is 10.8 Å². The van der Waals surface area contributed by atoms with Crippen molar-refractivity contribution in [2.45, 2.75) is 71.2 Å². The molecule has 11 nitrogen and oxygen atoms in total. The first-order chi connectivity index (χ1) is 16.5. The normalized spacial score (nSPS) is 23.5. The minimum atomic E-state index is -1.20. The van der Waals surface area contributed by atoms with E-state index < -0.39 is 40.8 Å². The van der Waals surface area contributed by atoms with Crippen LogP contribution in [-0.4, -0.2) is 63.7 Å². The van der Waals surface area contributed by atoms with E-state index in [2.05, 4.69) is 16.2 Å². The van der Waals surface area contributed by atoms with Crippen molar-refractivity contribution in [2.75, 3.05) is 6.54 Å². The van der Waals surface area contributed by atoms with Crippen LogP contribution < -0.4 is 16.2 Å². The summed E-state index contributed by atoms with van der Waals surface area (Å²) in [6, 6.07) is 7.68. The zero-order chi connectivity index (χ0) is 25.4. The summed E-state index contributed by atoms with van der Waals surface area (Å²) in [4.78, 5) is 57.4. The average Bonchev–Trinajstić information content (AvgIpc) is 3.58. The van der Waals surface area contributed by atoms with Gasteiger partial charge in [-0.1, -0.05) is 51.1 Å². The standard InChI is InChI=1S/C24H33N5O6/c1-23(2,3)19(25-21(32)33)24(11-12-24)20(31)27-26-18(30)17-10-9-16-13-28(17)22(34)29(16)35-14-15-7-5-4-6-8-15/h4-8,16-17,19,25H,9-14H2,1-3H3,(H,26,30)(H,27,31)(H,32,33)/t16-,17?,19?/m1/s1. The maximum absolute atomic E-state index is 13.0. The van der Waals surface area contributed by atoms with Gasteiger partial charge < -0.3 is 15.3 Å². The zero-order valence-corrected chi connectivity index (χ0v) is 20.2. The minimum Gasteiger partial charge on any atom is -0.465 e. The molecular formula is C24H33N5O6. The maximum atomic E-state index is 13.0. The Labute approximate surface area is 204 Å². The highest BCUT2D eigenvalue weighted by molar-refractivity contribution is 5.92. The maximum Gasteiger partial charge on any atom is 0.404 e. The van der Waals surface area contributed by atoms with Gasteiger partial charge in [-0.2, -0.15) is 5.06 Å². The highest BCUT2D eigenvalue weighted by Gasteiger charge is 2.59. The van der Waals surface area contributed by atoms with Crippen molar-refractivity contribution in [1.29, 1.82) is 0 Å². The van der Waals surface area contributed by atoms with Gasteiger partial charge in [0.15, 0.2) is 0 Å². The van der Waals surface area contributed by atoms with E-state index in [1.807, 2.05) is 51.1 Å². The molecule has 2 saturated heterocycles. The first kappa shape index (κ1) is 24.8. The lowest BCUT2D eigenvalue weighted by Gasteiger charge is -2.36. The fourth-order valence-electron chi connectivity index (χ4n) is 5.20. The van der Waals surface area contributed by atoms with Gasteiger partial charge in [0, 0.05) is 6.54 Å². The summed E-state index contributed by atoms with van der Waals surface area (Å²) in [6.07, 6.45) is 0.874. The molecule has 1 aromatic rings. The largest absolute Gasteiger partial charge is 0.465 e. The molecule has 4 rings (SSSR count). The lowest BCUT2D eigenvalue weighted by molar-refractivity contribution is -0.140. The van der Waals surface area contributed by atoms with Crippen LogP contribution in [0.5, 0.6) is 0 Å². The average molecular weight is 488 g/mol. The number of carbonyl (C=O) groups excluding carboxylic acids is 3. The van der Waals surface area contributed by atoms with Crippen LogP contribution in [0.25, 0.3) is 0 Å². The number of fused-ring (bicyclic) bond motifs is 2. The van der Waals surface area contributed by atoms with Gasteiger partial charge in [-0.25, -0.2) is 9.59 Å². The second-order valence-corrected chi connectivity index (χ2v) is 10.6. The summed E-state index contributed by atoms with van der Waals surface area (Å²) in [5, 5.41) is 13.1. The molecule has 35 heavy (non-hydrogen) atoms. The molecule has 1 aromatic carbocycles. The van der Waals surface area contributed by atoms with Gasteiger partial charge >= 0.3 is 12.1 Å². The molecule has 2 unspecified atom stereocenters. The number of hydrogen-bond donors (Lipinski definition) is 4. The van der Waals surface area contributed by atoms with Crippen molar-refractivity contribution in [1.82, 2.24) is 26.1 Å². The summed E-state index contributed by atoms with van der Waals surface area (Å²) in [7, 11) is 0. The number of hydrazine groups is 1. The zero-order valence-electron chi connectivity index (χ0n) is 20.2. The molecule has 2 bridgehead atoms. The molecule has 0 radical (unpaired) electrons. The minimum absolute atomic E-state index is 0.130. The van der Waals surface area contributed by atoms with E-state index in [9.17, 15) is 24.3 Å². The smallest absolute Gasteiger partial charge is 0.404 e. The molecule has 2 heterocycles. The van der Waals surface area contributed by atoms with Crippen molar-refractivity contribution >= 4 is 23.9 Å². The molecule has 5 amide bonds. The second-order valence-electron chi connectivity index (χ2n) is 10.6. The Kier molecular flexibility index (Phi) is 6.63. The molecule has 1 saturated carbocycles. The summed E-state index contributed by atoms with van der Waals surface area (Å²) >= 11 is 0. The Bertz CT molecular complexity index is 990. The second kappa shape index (κ2) is 9.37. The molecule has 2 aliphatic heterocycles. The van der Waals surface area contributed by atoms with E-state index in [0.717, 1.165) is 5.56 Å². The molecule has 0 spiro atoms. The van der Waals surface area contributed by atoms with Gasteiger partial charge in [0.05, 0.1) is 17.5 Å². The number of rotatable bonds is 7. The highest BCUT2D eigenvalue weighted by atomic mass is 16.7. The Hall–Kier alpha value is -3.34. The number of carbonyl (C=O) groups is 4. The van der Waals surface area contributed by atoms with Gasteiger partial charge in [0.2, 0.25) is 5.91 Å². The Morgan fingerprint density at radius 2 is 1.83 bits per heavy atom. The van der Waals surface area contributed by atoms with E-state index in [-0.39, 0.29) is 18.7 Å². The number of amides is 5. The van der Waals surface area contributed by atoms with Crippen LogP contribution in [0.15, 0.2) is 30.3 Å². The third-order valence-corrected chi connectivity index (χ3v) is 7.07. The van der Waals surface area contributed by atoms with Crippen LogP contribution in [0.2, 0.25) is 0 Å². The number of nitrogens with one attached hydrogen (secondary N) is 3. The number of urea groups is 1. The number of hydrogen-bond acceptors (Lipinski definition) is 5. The lowest BCUT2D eigenvalue weighted by atomic mass is 9.76. The highest BCUT2D eigenvalue weighted by Crippen LogP contribution is 2.53. The molecule has 3 fully saturated rings. The van der Waals surface area contributed by atoms with Crippen molar-refractivity contribution < 1.29 is 29.1 Å². The Morgan fingerprint density at radius 1 is 1.14 bits per heavy atom. The molecular weight excluding hydrogens is 454 g/mol. The van der Waals surface area contributed by atoms with Gasteiger partial charge in [-0.15, -0.1) is 0 Å². The van der Waals surface area contributed by atoms with Crippen LogP contribution in [0.1, 0.15) is 52.0 Å². The molecule has 0 aromatic heterocycles. The summed E-state index contributed by atoms with van der Waals surface area (Å²) < 4.78 is 0. The number of benzene rings is 1. The first-order valence-corrected chi connectivity index (χ1v) is 11.9. The van der Waals surface area contributed by atoms with Crippen LogP contribution in [-0.2, 0) is 21.0 Å². The fraction of sp³-hybridized carbons (Fsp3) is 0.583. The van der Waals surface area contributed by atoms with E-state index in [4.69, 9.17) is 4.84 Å². The SMILES string of the molecule is CC(C)(C)C(NC(=O)O)C1(C(=O)NNC(=O)C2CC[C@@H]3CN2C(=O)N3OCc2ccccc2)CC1. The third-order valence-electron chi connectivity index (χ3n) is 7.07. The molecule has 1 aliphatic carbocycles. The first-order valence-electron chi connectivity index (χ1n) is 11.9. The number of carboxylic acid groups (broad SMARTS) is 1. The van der Waals surface area contributed by atoms with E-state index in [1.165, 1.54) is 9.96 Å². The third kappa shape index (κ3) is 5.04. The summed E-state index contributed by atoms with van der Waals surface area (Å²) in [6.45, 7) is 6.22.